The van der Waals surface area contributed by atoms with Gasteiger partial charge in [0.25, 0.3) is 5.91 Å². The van der Waals surface area contributed by atoms with Crippen LogP contribution in [0.1, 0.15) is 23.2 Å². The first-order valence-corrected chi connectivity index (χ1v) is 7.58. The Balaban J connectivity index is 2.12. The second-order valence-corrected chi connectivity index (χ2v) is 5.58. The van der Waals surface area contributed by atoms with Crippen molar-refractivity contribution in [1.82, 2.24) is 4.90 Å². The number of halogens is 3. The van der Waals surface area contributed by atoms with Crippen molar-refractivity contribution >= 4 is 5.91 Å². The number of piperidine rings is 1. The highest BCUT2D eigenvalue weighted by Gasteiger charge is 2.56. The summed E-state index contributed by atoms with van der Waals surface area (Å²) in [6, 6.07) is 6.66. The molecular weight excluding hydrogens is 323 g/mol. The molecule has 1 amide bonds. The number of ether oxygens (including phenoxy) is 2. The number of carbonyl (C=O) groups is 1. The quantitative estimate of drug-likeness (QED) is 0.769. The van der Waals surface area contributed by atoms with Crippen LogP contribution in [0.3, 0.4) is 0 Å². The minimum Gasteiger partial charge on any atom is -0.489 e. The van der Waals surface area contributed by atoms with Gasteiger partial charge in [0, 0.05) is 33.0 Å². The Hall–Kier alpha value is -2.02. The van der Waals surface area contributed by atoms with Crippen molar-refractivity contribution < 1.29 is 27.4 Å². The van der Waals surface area contributed by atoms with Crippen LogP contribution in [0.5, 0.6) is 5.75 Å². The van der Waals surface area contributed by atoms with Crippen LogP contribution in [0, 0.1) is 0 Å². The fourth-order valence-electron chi connectivity index (χ4n) is 2.76. The van der Waals surface area contributed by atoms with Crippen LogP contribution in [-0.4, -0.2) is 49.4 Å². The van der Waals surface area contributed by atoms with Crippen LogP contribution >= 0.6 is 0 Å². The number of methoxy groups -OCH3 is 1. The molecule has 0 radical (unpaired) electrons. The first kappa shape index (κ1) is 18.3. The Morgan fingerprint density at radius 2 is 1.96 bits per heavy atom. The van der Waals surface area contributed by atoms with E-state index in [1.54, 1.807) is 30.3 Å². The number of para-hydroxylation sites is 1. The third-order valence-corrected chi connectivity index (χ3v) is 4.24. The molecule has 1 aliphatic rings. The number of amides is 1. The van der Waals surface area contributed by atoms with E-state index < -0.39 is 11.8 Å². The molecule has 132 valence electrons. The van der Waals surface area contributed by atoms with E-state index in [2.05, 4.69) is 6.58 Å². The number of benzene rings is 1. The van der Waals surface area contributed by atoms with Gasteiger partial charge in [-0.2, -0.15) is 13.2 Å². The van der Waals surface area contributed by atoms with E-state index in [0.717, 1.165) is 7.11 Å². The van der Waals surface area contributed by atoms with Crippen molar-refractivity contribution in [3.05, 3.63) is 42.5 Å². The van der Waals surface area contributed by atoms with E-state index in [4.69, 9.17) is 9.47 Å². The highest BCUT2D eigenvalue weighted by Crippen LogP contribution is 2.41. The molecule has 0 atom stereocenters. The van der Waals surface area contributed by atoms with Crippen LogP contribution in [0.2, 0.25) is 0 Å². The van der Waals surface area contributed by atoms with Crippen LogP contribution in [0.25, 0.3) is 0 Å². The molecule has 4 nitrogen and oxygen atoms in total. The molecule has 1 aliphatic heterocycles. The van der Waals surface area contributed by atoms with Gasteiger partial charge in [-0.05, 0) is 12.1 Å². The topological polar surface area (TPSA) is 38.8 Å². The summed E-state index contributed by atoms with van der Waals surface area (Å²) in [5, 5.41) is 0. The summed E-state index contributed by atoms with van der Waals surface area (Å²) in [4.78, 5) is 14.0. The molecule has 1 saturated heterocycles. The lowest BCUT2D eigenvalue weighted by atomic mass is 9.90. The molecular formula is C17H20F3NO3. The fourth-order valence-corrected chi connectivity index (χ4v) is 2.76. The van der Waals surface area contributed by atoms with Crippen LogP contribution < -0.4 is 4.74 Å². The highest BCUT2D eigenvalue weighted by molar-refractivity contribution is 5.97. The third kappa shape index (κ3) is 3.56. The number of hydrogen-bond donors (Lipinski definition) is 0. The summed E-state index contributed by atoms with van der Waals surface area (Å²) in [5.41, 5.74) is -1.85. The standard InChI is InChI=1S/C17H20F3NO3/c1-3-12-24-14-7-5-4-6-13(14)15(22)21-10-8-16(23-2,9-11-21)17(18,19)20/h3-7H,1,8-12H2,2H3. The zero-order chi connectivity index (χ0) is 17.8. The normalized spacial score (nSPS) is 17.4. The van der Waals surface area contributed by atoms with Crippen molar-refractivity contribution in [2.24, 2.45) is 0 Å². The maximum atomic E-state index is 13.2. The van der Waals surface area contributed by atoms with Gasteiger partial charge in [-0.3, -0.25) is 4.79 Å². The first-order chi connectivity index (χ1) is 11.3. The number of carbonyl (C=O) groups excluding carboxylic acids is 1. The lowest BCUT2D eigenvalue weighted by molar-refractivity contribution is -0.281. The summed E-state index contributed by atoms with van der Waals surface area (Å²) in [6.07, 6.45) is -3.47. The van der Waals surface area contributed by atoms with Gasteiger partial charge in [-0.15, -0.1) is 0 Å². The Morgan fingerprint density at radius 1 is 1.33 bits per heavy atom. The zero-order valence-corrected chi connectivity index (χ0v) is 13.4. The number of rotatable bonds is 5. The molecule has 1 aromatic rings. The minimum atomic E-state index is -4.46. The van der Waals surface area contributed by atoms with E-state index in [9.17, 15) is 18.0 Å². The van der Waals surface area contributed by atoms with Crippen molar-refractivity contribution in [3.63, 3.8) is 0 Å². The van der Waals surface area contributed by atoms with Crippen LogP contribution in [-0.2, 0) is 4.74 Å². The van der Waals surface area contributed by atoms with Gasteiger partial charge >= 0.3 is 6.18 Å². The lowest BCUT2D eigenvalue weighted by Gasteiger charge is -2.41. The molecule has 1 heterocycles. The fraction of sp³-hybridized carbons (Fsp3) is 0.471. The smallest absolute Gasteiger partial charge is 0.417 e. The Labute approximate surface area is 138 Å². The van der Waals surface area contributed by atoms with E-state index in [0.29, 0.717) is 11.3 Å². The van der Waals surface area contributed by atoms with E-state index in [-0.39, 0.29) is 38.4 Å². The van der Waals surface area contributed by atoms with E-state index in [1.165, 1.54) is 4.90 Å². The van der Waals surface area contributed by atoms with Gasteiger partial charge in [0.15, 0.2) is 5.60 Å². The lowest BCUT2D eigenvalue weighted by Crippen LogP contribution is -2.55. The molecule has 7 heteroatoms. The average molecular weight is 343 g/mol. The van der Waals surface area contributed by atoms with Crippen LogP contribution in [0.15, 0.2) is 36.9 Å². The Morgan fingerprint density at radius 3 is 2.50 bits per heavy atom. The zero-order valence-electron chi connectivity index (χ0n) is 13.4. The molecule has 2 rings (SSSR count). The number of likely N-dealkylation sites (tertiary alicyclic amines) is 1. The SMILES string of the molecule is C=CCOc1ccccc1C(=O)N1CCC(OC)(C(F)(F)F)CC1. The van der Waals surface area contributed by atoms with Crippen molar-refractivity contribution in [2.45, 2.75) is 24.6 Å². The maximum Gasteiger partial charge on any atom is 0.417 e. The summed E-state index contributed by atoms with van der Waals surface area (Å²) in [7, 11) is 1.06. The molecule has 1 aromatic carbocycles. The predicted octanol–water partition coefficient (Wildman–Crippen LogP) is 3.43. The second-order valence-electron chi connectivity index (χ2n) is 5.58. The number of hydrogen-bond acceptors (Lipinski definition) is 3. The summed E-state index contributed by atoms with van der Waals surface area (Å²) >= 11 is 0. The van der Waals surface area contributed by atoms with Gasteiger partial charge in [0.05, 0.1) is 5.56 Å². The Kier molecular flexibility index (Phi) is 5.54. The largest absolute Gasteiger partial charge is 0.489 e. The van der Waals surface area contributed by atoms with Crippen LogP contribution in [0.4, 0.5) is 13.2 Å². The molecule has 0 unspecified atom stereocenters. The molecule has 0 spiro atoms. The van der Waals surface area contributed by atoms with Crippen molar-refractivity contribution in [3.8, 4) is 5.75 Å². The maximum absolute atomic E-state index is 13.2. The van der Waals surface area contributed by atoms with E-state index in [1.807, 2.05) is 0 Å². The van der Waals surface area contributed by atoms with Gasteiger partial charge < -0.3 is 14.4 Å². The molecule has 0 bridgehead atoms. The summed E-state index contributed by atoms with van der Waals surface area (Å²) in [5.74, 6) is 0.0448. The van der Waals surface area contributed by atoms with Crippen molar-refractivity contribution in [2.75, 3.05) is 26.8 Å². The Bertz CT molecular complexity index is 593. The van der Waals surface area contributed by atoms with Gasteiger partial charge in [0.1, 0.15) is 12.4 Å². The van der Waals surface area contributed by atoms with Gasteiger partial charge in [-0.25, -0.2) is 0 Å². The summed E-state index contributed by atoms with van der Waals surface area (Å²) in [6.45, 7) is 3.74. The minimum absolute atomic E-state index is 0.0258. The average Bonchev–Trinajstić information content (AvgIpc) is 2.58. The molecule has 0 N–H and O–H groups in total. The third-order valence-electron chi connectivity index (χ3n) is 4.24. The molecule has 0 aliphatic carbocycles. The molecule has 0 saturated carbocycles. The highest BCUT2D eigenvalue weighted by atomic mass is 19.4. The first-order valence-electron chi connectivity index (χ1n) is 7.58. The molecule has 1 fully saturated rings. The number of nitrogens with zero attached hydrogens (tertiary/aromatic N) is 1. The predicted molar refractivity (Wildman–Crippen MR) is 83.1 cm³/mol. The number of alkyl halides is 3. The van der Waals surface area contributed by atoms with Gasteiger partial charge in [-0.1, -0.05) is 24.8 Å². The molecule has 24 heavy (non-hydrogen) atoms. The van der Waals surface area contributed by atoms with E-state index >= 15 is 0 Å². The van der Waals surface area contributed by atoms with Crippen molar-refractivity contribution in [1.29, 1.82) is 0 Å². The second kappa shape index (κ2) is 7.25. The summed E-state index contributed by atoms with van der Waals surface area (Å²) < 4.78 is 49.8. The van der Waals surface area contributed by atoms with Gasteiger partial charge in [0.2, 0.25) is 0 Å². The monoisotopic (exact) mass is 343 g/mol. The molecule has 0 aromatic heterocycles.